The molecule has 1 aromatic carbocycles. The van der Waals surface area contributed by atoms with Crippen LogP contribution in [0.3, 0.4) is 0 Å². The Hall–Kier alpha value is -2.18. The molecule has 0 aliphatic carbocycles. The number of nitrogens with one attached hydrogen (secondary N) is 1. The van der Waals surface area contributed by atoms with Gasteiger partial charge in [-0.3, -0.25) is 4.79 Å². The van der Waals surface area contributed by atoms with Crippen LogP contribution in [0.1, 0.15) is 31.2 Å². The first-order valence-corrected chi connectivity index (χ1v) is 7.98. The zero-order chi connectivity index (χ0) is 17.7. The lowest BCUT2D eigenvalue weighted by atomic mass is 9.97. The van der Waals surface area contributed by atoms with Crippen LogP contribution < -0.4 is 5.32 Å². The van der Waals surface area contributed by atoms with E-state index in [1.165, 1.54) is 13.2 Å². The lowest BCUT2D eigenvalue weighted by Gasteiger charge is -2.31. The predicted molar refractivity (Wildman–Crippen MR) is 84.5 cm³/mol. The second kappa shape index (κ2) is 8.08. The van der Waals surface area contributed by atoms with Crippen molar-refractivity contribution in [3.05, 3.63) is 35.4 Å². The fourth-order valence-electron chi connectivity index (χ4n) is 2.77. The molecule has 24 heavy (non-hydrogen) atoms. The SMILES string of the molecule is COC(=O)C1CCN(C(=O)NCC(C)c2ccc(F)c(F)c2)CC1. The van der Waals surface area contributed by atoms with E-state index in [4.69, 9.17) is 4.74 Å². The summed E-state index contributed by atoms with van der Waals surface area (Å²) < 4.78 is 30.9. The number of halogens is 2. The number of likely N-dealkylation sites (tertiary alicyclic amines) is 1. The Morgan fingerprint density at radius 1 is 1.29 bits per heavy atom. The summed E-state index contributed by atoms with van der Waals surface area (Å²) in [4.78, 5) is 25.3. The van der Waals surface area contributed by atoms with Gasteiger partial charge in [-0.15, -0.1) is 0 Å². The van der Waals surface area contributed by atoms with E-state index in [2.05, 4.69) is 5.32 Å². The molecule has 1 fully saturated rings. The van der Waals surface area contributed by atoms with E-state index in [1.54, 1.807) is 4.90 Å². The minimum atomic E-state index is -0.893. The number of carbonyl (C=O) groups excluding carboxylic acids is 2. The summed E-state index contributed by atoms with van der Waals surface area (Å²) in [5.74, 6) is -2.31. The van der Waals surface area contributed by atoms with E-state index in [0.29, 0.717) is 38.0 Å². The number of rotatable bonds is 4. The summed E-state index contributed by atoms with van der Waals surface area (Å²) >= 11 is 0. The molecule has 1 aliphatic rings. The lowest BCUT2D eigenvalue weighted by Crippen LogP contribution is -2.46. The highest BCUT2D eigenvalue weighted by atomic mass is 19.2. The van der Waals surface area contributed by atoms with E-state index < -0.39 is 11.6 Å². The molecule has 132 valence electrons. The van der Waals surface area contributed by atoms with Crippen molar-refractivity contribution in [2.75, 3.05) is 26.7 Å². The maximum atomic E-state index is 13.3. The maximum Gasteiger partial charge on any atom is 0.317 e. The van der Waals surface area contributed by atoms with Crippen molar-refractivity contribution in [2.45, 2.75) is 25.7 Å². The second-order valence-electron chi connectivity index (χ2n) is 6.05. The number of hydrogen-bond acceptors (Lipinski definition) is 3. The van der Waals surface area contributed by atoms with Crippen LogP contribution in [0.4, 0.5) is 13.6 Å². The molecule has 1 aliphatic heterocycles. The number of hydrogen-bond donors (Lipinski definition) is 1. The average molecular weight is 340 g/mol. The van der Waals surface area contributed by atoms with Crippen LogP contribution in [0.2, 0.25) is 0 Å². The number of benzene rings is 1. The molecule has 1 N–H and O–H groups in total. The van der Waals surface area contributed by atoms with Gasteiger partial charge in [-0.05, 0) is 36.5 Å². The van der Waals surface area contributed by atoms with Crippen LogP contribution in [0.5, 0.6) is 0 Å². The van der Waals surface area contributed by atoms with Crippen LogP contribution in [-0.4, -0.2) is 43.6 Å². The van der Waals surface area contributed by atoms with Crippen molar-refractivity contribution < 1.29 is 23.1 Å². The molecule has 0 aromatic heterocycles. The molecule has 0 saturated carbocycles. The monoisotopic (exact) mass is 340 g/mol. The van der Waals surface area contributed by atoms with Gasteiger partial charge in [-0.1, -0.05) is 13.0 Å². The molecular formula is C17H22F2N2O3. The molecule has 0 radical (unpaired) electrons. The standard InChI is InChI=1S/C17H22F2N2O3/c1-11(13-3-4-14(18)15(19)9-13)10-20-17(23)21-7-5-12(6-8-21)16(22)24-2/h3-4,9,11-12H,5-8,10H2,1-2H3,(H,20,23). The van der Waals surface area contributed by atoms with Gasteiger partial charge >= 0.3 is 12.0 Å². The topological polar surface area (TPSA) is 58.6 Å². The maximum absolute atomic E-state index is 13.3. The number of methoxy groups -OCH3 is 1. The molecule has 2 rings (SSSR count). The highest BCUT2D eigenvalue weighted by Gasteiger charge is 2.27. The Labute approximate surface area is 140 Å². The van der Waals surface area contributed by atoms with Crippen LogP contribution >= 0.6 is 0 Å². The van der Waals surface area contributed by atoms with Crippen molar-refractivity contribution in [3.63, 3.8) is 0 Å². The van der Waals surface area contributed by atoms with Crippen LogP contribution in [0.25, 0.3) is 0 Å². The fraction of sp³-hybridized carbons (Fsp3) is 0.529. The Bertz CT molecular complexity index is 601. The van der Waals surface area contributed by atoms with Gasteiger partial charge in [-0.25, -0.2) is 13.6 Å². The summed E-state index contributed by atoms with van der Waals surface area (Å²) in [7, 11) is 1.36. The Morgan fingerprint density at radius 2 is 1.96 bits per heavy atom. The van der Waals surface area contributed by atoms with Crippen LogP contribution in [0.15, 0.2) is 18.2 Å². The first-order chi connectivity index (χ1) is 11.4. The normalized spacial score (nSPS) is 16.6. The fourth-order valence-corrected chi connectivity index (χ4v) is 2.77. The van der Waals surface area contributed by atoms with Crippen molar-refractivity contribution in [1.82, 2.24) is 10.2 Å². The predicted octanol–water partition coefficient (Wildman–Crippen LogP) is 2.66. The minimum Gasteiger partial charge on any atom is -0.469 e. The number of nitrogens with zero attached hydrogens (tertiary/aromatic N) is 1. The van der Waals surface area contributed by atoms with Gasteiger partial charge in [0.2, 0.25) is 0 Å². The lowest BCUT2D eigenvalue weighted by molar-refractivity contribution is -0.146. The number of carbonyl (C=O) groups is 2. The molecule has 7 heteroatoms. The van der Waals surface area contributed by atoms with E-state index in [9.17, 15) is 18.4 Å². The van der Waals surface area contributed by atoms with E-state index in [-0.39, 0.29) is 23.8 Å². The third-order valence-electron chi connectivity index (χ3n) is 4.39. The smallest absolute Gasteiger partial charge is 0.317 e. The zero-order valence-electron chi connectivity index (χ0n) is 13.9. The number of ether oxygens (including phenoxy) is 1. The number of urea groups is 1. The molecule has 0 spiro atoms. The van der Waals surface area contributed by atoms with Crippen LogP contribution in [0, 0.1) is 17.6 Å². The molecule has 1 atom stereocenters. The van der Waals surface area contributed by atoms with Crippen molar-refractivity contribution in [2.24, 2.45) is 5.92 Å². The molecule has 5 nitrogen and oxygen atoms in total. The largest absolute Gasteiger partial charge is 0.469 e. The Kier molecular flexibility index (Phi) is 6.11. The summed E-state index contributed by atoms with van der Waals surface area (Å²) in [5, 5.41) is 2.80. The van der Waals surface area contributed by atoms with E-state index in [1.807, 2.05) is 6.92 Å². The Morgan fingerprint density at radius 3 is 2.54 bits per heavy atom. The summed E-state index contributed by atoms with van der Waals surface area (Å²) in [5.41, 5.74) is 0.624. The van der Waals surface area contributed by atoms with Crippen LogP contribution in [-0.2, 0) is 9.53 Å². The van der Waals surface area contributed by atoms with Gasteiger partial charge in [0.15, 0.2) is 11.6 Å². The minimum absolute atomic E-state index is 0.142. The van der Waals surface area contributed by atoms with E-state index >= 15 is 0 Å². The third kappa shape index (κ3) is 4.43. The second-order valence-corrected chi connectivity index (χ2v) is 6.05. The van der Waals surface area contributed by atoms with Crippen molar-refractivity contribution in [1.29, 1.82) is 0 Å². The first-order valence-electron chi connectivity index (χ1n) is 7.98. The molecule has 1 aromatic rings. The molecule has 2 amide bonds. The van der Waals surface area contributed by atoms with Gasteiger partial charge in [0.05, 0.1) is 13.0 Å². The molecule has 0 bridgehead atoms. The average Bonchev–Trinajstić information content (AvgIpc) is 2.61. The number of piperidine rings is 1. The van der Waals surface area contributed by atoms with Gasteiger partial charge in [0, 0.05) is 19.6 Å². The first kappa shape index (κ1) is 18.2. The van der Waals surface area contributed by atoms with E-state index in [0.717, 1.165) is 12.1 Å². The summed E-state index contributed by atoms with van der Waals surface area (Å²) in [6.07, 6.45) is 1.16. The molecule has 1 heterocycles. The molecule has 1 unspecified atom stereocenters. The van der Waals surface area contributed by atoms with Crippen molar-refractivity contribution >= 4 is 12.0 Å². The highest BCUT2D eigenvalue weighted by Crippen LogP contribution is 2.20. The van der Waals surface area contributed by atoms with Gasteiger partial charge in [-0.2, -0.15) is 0 Å². The van der Waals surface area contributed by atoms with Gasteiger partial charge in [0.1, 0.15) is 0 Å². The molecular weight excluding hydrogens is 318 g/mol. The van der Waals surface area contributed by atoms with Gasteiger partial charge < -0.3 is 15.0 Å². The quantitative estimate of drug-likeness (QED) is 0.858. The third-order valence-corrected chi connectivity index (χ3v) is 4.39. The number of amides is 2. The molecule has 1 saturated heterocycles. The Balaban J connectivity index is 1.81. The van der Waals surface area contributed by atoms with Crippen molar-refractivity contribution in [3.8, 4) is 0 Å². The number of esters is 1. The highest BCUT2D eigenvalue weighted by molar-refractivity contribution is 5.76. The zero-order valence-corrected chi connectivity index (χ0v) is 13.9. The van der Waals surface area contributed by atoms with Gasteiger partial charge in [0.25, 0.3) is 0 Å². The summed E-state index contributed by atoms with van der Waals surface area (Å²) in [6.45, 7) is 3.13. The summed E-state index contributed by atoms with van der Waals surface area (Å²) in [6, 6.07) is 3.53.